The van der Waals surface area contributed by atoms with Crippen LogP contribution in [0.4, 0.5) is 0 Å². The molecule has 4 heterocycles. The largest absolute Gasteiger partial charge is 0.309 e. The first-order chi connectivity index (χ1) is 31.2. The second kappa shape index (κ2) is 14.2. The van der Waals surface area contributed by atoms with Gasteiger partial charge >= 0.3 is 0 Å². The third-order valence-electron chi connectivity index (χ3n) is 12.4. The van der Waals surface area contributed by atoms with Crippen LogP contribution in [0.15, 0.2) is 212 Å². The van der Waals surface area contributed by atoms with Gasteiger partial charge in [0.15, 0.2) is 11.6 Å². The van der Waals surface area contributed by atoms with Crippen molar-refractivity contribution in [1.29, 1.82) is 0 Å². The van der Waals surface area contributed by atoms with Gasteiger partial charge in [-0.3, -0.25) is 4.57 Å². The second-order valence-electron chi connectivity index (χ2n) is 16.0. The van der Waals surface area contributed by atoms with Crippen LogP contribution < -0.4 is 0 Å². The lowest BCUT2D eigenvalue weighted by molar-refractivity contribution is 0.953. The molecule has 5 nitrogen and oxygen atoms in total. The predicted molar refractivity (Wildman–Crippen MR) is 263 cm³/mol. The van der Waals surface area contributed by atoms with Crippen molar-refractivity contribution in [2.45, 2.75) is 0 Å². The summed E-state index contributed by atoms with van der Waals surface area (Å²) in [6, 6.07) is 75.7. The number of para-hydroxylation sites is 2. The van der Waals surface area contributed by atoms with Gasteiger partial charge in [0.25, 0.3) is 0 Å². The number of hydrogen-bond donors (Lipinski definition) is 0. The van der Waals surface area contributed by atoms with Crippen LogP contribution in [0.3, 0.4) is 0 Å². The van der Waals surface area contributed by atoms with Crippen LogP contribution in [0.25, 0.3) is 120 Å². The Labute approximate surface area is 366 Å². The molecule has 4 aromatic heterocycles. The summed E-state index contributed by atoms with van der Waals surface area (Å²) in [6.45, 7) is 0. The molecular formula is C57H35N5S. The molecule has 0 unspecified atom stereocenters. The van der Waals surface area contributed by atoms with E-state index in [1.165, 1.54) is 58.7 Å². The zero-order valence-corrected chi connectivity index (χ0v) is 34.7. The molecule has 13 rings (SSSR count). The molecule has 0 N–H and O–H groups in total. The van der Waals surface area contributed by atoms with Gasteiger partial charge in [0, 0.05) is 58.5 Å². The maximum absolute atomic E-state index is 5.13. The van der Waals surface area contributed by atoms with Crippen LogP contribution in [0.1, 0.15) is 0 Å². The molecule has 6 heteroatoms. The highest BCUT2D eigenvalue weighted by molar-refractivity contribution is 7.25. The normalized spacial score (nSPS) is 11.8. The molecular weight excluding hydrogens is 787 g/mol. The zero-order chi connectivity index (χ0) is 41.4. The van der Waals surface area contributed by atoms with Crippen molar-refractivity contribution in [3.8, 4) is 56.7 Å². The maximum atomic E-state index is 5.13. The van der Waals surface area contributed by atoms with E-state index in [-0.39, 0.29) is 0 Å². The Morgan fingerprint density at radius 3 is 1.48 bits per heavy atom. The maximum Gasteiger partial charge on any atom is 0.238 e. The number of fused-ring (bicyclic) bond motifs is 9. The van der Waals surface area contributed by atoms with Crippen LogP contribution in [0.2, 0.25) is 0 Å². The van der Waals surface area contributed by atoms with Crippen molar-refractivity contribution in [2.24, 2.45) is 0 Å². The Morgan fingerprint density at radius 1 is 0.286 bits per heavy atom. The van der Waals surface area contributed by atoms with E-state index in [0.717, 1.165) is 44.2 Å². The van der Waals surface area contributed by atoms with Gasteiger partial charge in [-0.25, -0.2) is 4.98 Å². The molecule has 63 heavy (non-hydrogen) atoms. The number of nitrogens with zero attached hydrogens (tertiary/aromatic N) is 5. The summed E-state index contributed by atoms with van der Waals surface area (Å²) in [5.74, 6) is 1.86. The van der Waals surface area contributed by atoms with Crippen LogP contribution in [-0.4, -0.2) is 24.1 Å². The topological polar surface area (TPSA) is 48.5 Å². The van der Waals surface area contributed by atoms with Crippen LogP contribution in [0, 0.1) is 0 Å². The van der Waals surface area contributed by atoms with E-state index in [1.54, 1.807) is 0 Å². The van der Waals surface area contributed by atoms with E-state index < -0.39 is 0 Å². The summed E-state index contributed by atoms with van der Waals surface area (Å²) in [4.78, 5) is 15.2. The molecule has 0 aliphatic rings. The molecule has 0 saturated heterocycles. The highest BCUT2D eigenvalue weighted by atomic mass is 32.1. The Morgan fingerprint density at radius 2 is 0.794 bits per heavy atom. The van der Waals surface area contributed by atoms with Crippen molar-refractivity contribution in [3.05, 3.63) is 212 Å². The monoisotopic (exact) mass is 821 g/mol. The van der Waals surface area contributed by atoms with E-state index in [9.17, 15) is 0 Å². The van der Waals surface area contributed by atoms with E-state index in [0.29, 0.717) is 17.6 Å². The SMILES string of the molecule is c1ccc(-c2cccc(-n3c4ccccc4c4cc5sc6ccc(-c7ccc8c(c7)c7ccccc7n8-c7nc(-c8ccccc8)nc(-c8ccccc8)n7)cc6c5cc43)c2)cc1. The lowest BCUT2D eigenvalue weighted by Gasteiger charge is -2.11. The number of thiophene rings is 1. The molecule has 0 atom stereocenters. The van der Waals surface area contributed by atoms with Crippen molar-refractivity contribution in [3.63, 3.8) is 0 Å². The Kier molecular flexibility index (Phi) is 8.01. The first-order valence-electron chi connectivity index (χ1n) is 21.2. The third kappa shape index (κ3) is 5.80. The van der Waals surface area contributed by atoms with Gasteiger partial charge in [-0.05, 0) is 82.9 Å². The van der Waals surface area contributed by atoms with Gasteiger partial charge < -0.3 is 4.57 Å². The number of rotatable bonds is 6. The molecule has 13 aromatic rings. The summed E-state index contributed by atoms with van der Waals surface area (Å²) >= 11 is 1.87. The number of benzene rings is 9. The molecule has 0 bridgehead atoms. The van der Waals surface area contributed by atoms with Crippen LogP contribution in [0.5, 0.6) is 0 Å². The highest BCUT2D eigenvalue weighted by Crippen LogP contribution is 2.43. The lowest BCUT2D eigenvalue weighted by Crippen LogP contribution is -2.06. The van der Waals surface area contributed by atoms with Crippen LogP contribution in [-0.2, 0) is 0 Å². The summed E-state index contributed by atoms with van der Waals surface area (Å²) < 4.78 is 7.19. The molecule has 0 aliphatic heterocycles. The molecule has 0 fully saturated rings. The first-order valence-corrected chi connectivity index (χ1v) is 22.0. The quantitative estimate of drug-likeness (QED) is 0.168. The lowest BCUT2D eigenvalue weighted by atomic mass is 10.0. The van der Waals surface area contributed by atoms with Gasteiger partial charge in [-0.2, -0.15) is 9.97 Å². The third-order valence-corrected chi connectivity index (χ3v) is 13.5. The predicted octanol–water partition coefficient (Wildman–Crippen LogP) is 15.1. The van der Waals surface area contributed by atoms with Crippen LogP contribution >= 0.6 is 11.3 Å². The molecule has 0 radical (unpaired) electrons. The molecule has 294 valence electrons. The van der Waals surface area contributed by atoms with Crippen molar-refractivity contribution >= 4 is 75.1 Å². The molecule has 0 aliphatic carbocycles. The minimum Gasteiger partial charge on any atom is -0.309 e. The fourth-order valence-electron chi connectivity index (χ4n) is 9.42. The average molecular weight is 822 g/mol. The van der Waals surface area contributed by atoms with E-state index in [2.05, 4.69) is 161 Å². The van der Waals surface area contributed by atoms with Gasteiger partial charge in [0.05, 0.1) is 22.1 Å². The standard InChI is InChI=1S/C57H35N5S/c1-4-15-36(16-5-1)39-21-14-22-42(31-39)61-49-25-12-10-24-44(49)46-35-54-48(34-52(46)61)47-33-41(28-30-53(47)63-54)40-27-29-51-45(32-40)43-23-11-13-26-50(43)62(51)57-59-55(37-17-6-2-7-18-37)58-56(60-57)38-19-8-3-9-20-38/h1-35H. The first kappa shape index (κ1) is 35.6. The molecule has 0 saturated carbocycles. The zero-order valence-electron chi connectivity index (χ0n) is 33.9. The van der Waals surface area contributed by atoms with E-state index in [4.69, 9.17) is 15.0 Å². The van der Waals surface area contributed by atoms with Gasteiger partial charge in [-0.1, -0.05) is 152 Å². The number of hydrogen-bond acceptors (Lipinski definition) is 4. The summed E-state index contributed by atoms with van der Waals surface area (Å²) in [5, 5.41) is 7.34. The minimum absolute atomic E-state index is 0.586. The fourth-order valence-corrected chi connectivity index (χ4v) is 10.5. The fraction of sp³-hybridized carbons (Fsp3) is 0. The molecule has 0 amide bonds. The summed E-state index contributed by atoms with van der Waals surface area (Å²) in [6.07, 6.45) is 0. The number of aromatic nitrogens is 5. The minimum atomic E-state index is 0.586. The molecule has 9 aromatic carbocycles. The summed E-state index contributed by atoms with van der Waals surface area (Å²) in [7, 11) is 0. The Balaban J connectivity index is 0.971. The van der Waals surface area contributed by atoms with Crippen molar-refractivity contribution in [2.75, 3.05) is 0 Å². The average Bonchev–Trinajstić information content (AvgIpc) is 4.00. The van der Waals surface area contributed by atoms with E-state index >= 15 is 0 Å². The highest BCUT2D eigenvalue weighted by Gasteiger charge is 2.20. The molecule has 0 spiro atoms. The summed E-state index contributed by atoms with van der Waals surface area (Å²) in [5.41, 5.74) is 12.3. The Bertz CT molecular complexity index is 3850. The van der Waals surface area contributed by atoms with Gasteiger partial charge in [0.1, 0.15) is 0 Å². The van der Waals surface area contributed by atoms with Gasteiger partial charge in [-0.15, -0.1) is 11.3 Å². The van der Waals surface area contributed by atoms with Crippen molar-refractivity contribution in [1.82, 2.24) is 24.1 Å². The van der Waals surface area contributed by atoms with E-state index in [1.807, 2.05) is 72.0 Å². The smallest absolute Gasteiger partial charge is 0.238 e. The van der Waals surface area contributed by atoms with Gasteiger partial charge in [0.2, 0.25) is 5.95 Å². The Hall–Kier alpha value is -8.19. The van der Waals surface area contributed by atoms with Crippen molar-refractivity contribution < 1.29 is 0 Å². The second-order valence-corrected chi connectivity index (χ2v) is 17.1.